The van der Waals surface area contributed by atoms with Crippen LogP contribution in [0.15, 0.2) is 23.4 Å². The highest BCUT2D eigenvalue weighted by Crippen LogP contribution is 2.50. The number of nitrogens with one attached hydrogen (secondary N) is 1. The van der Waals surface area contributed by atoms with Crippen LogP contribution in [0.25, 0.3) is 0 Å². The van der Waals surface area contributed by atoms with Crippen molar-refractivity contribution in [2.45, 2.75) is 108 Å². The Morgan fingerprint density at radius 1 is 1.11 bits per heavy atom. The third-order valence-corrected chi connectivity index (χ3v) is 18.3. The van der Waals surface area contributed by atoms with Gasteiger partial charge in [0.15, 0.2) is 28.5 Å². The minimum atomic E-state index is -4.14. The highest BCUT2D eigenvalue weighted by molar-refractivity contribution is 7.90. The zero-order chi connectivity index (χ0) is 28.4. The third-order valence-electron chi connectivity index (χ3n) is 8.32. The molecule has 0 aliphatic carbocycles. The van der Waals surface area contributed by atoms with Crippen LogP contribution < -0.4 is 16.8 Å². The van der Waals surface area contributed by atoms with Crippen LogP contribution in [0, 0.1) is 0 Å². The lowest BCUT2D eigenvalue weighted by Gasteiger charge is -2.44. The lowest BCUT2D eigenvalue weighted by atomic mass is 9.89. The molecule has 0 aromatic rings. The van der Waals surface area contributed by atoms with Gasteiger partial charge in [0.1, 0.15) is 12.2 Å². The van der Waals surface area contributed by atoms with Crippen molar-refractivity contribution < 1.29 is 31.0 Å². The normalized spacial score (nSPS) is 32.7. The molecule has 1 fully saturated rings. The summed E-state index contributed by atoms with van der Waals surface area (Å²) in [5, 5.41) is 3.20. The Hall–Kier alpha value is -1.27. The van der Waals surface area contributed by atoms with Crippen molar-refractivity contribution in [3.05, 3.63) is 23.4 Å². The monoisotopic (exact) mass is 576 g/mol. The lowest BCUT2D eigenvalue weighted by Crippen LogP contribution is -2.62. The number of hydrogen-bond acceptors (Lipinski definition) is 9. The summed E-state index contributed by atoms with van der Waals surface area (Å²) >= 11 is 0. The van der Waals surface area contributed by atoms with Gasteiger partial charge in [0, 0.05) is 6.20 Å². The van der Waals surface area contributed by atoms with E-state index in [0.29, 0.717) is 0 Å². The van der Waals surface area contributed by atoms with E-state index in [-0.39, 0.29) is 22.4 Å². The Morgan fingerprint density at radius 2 is 1.68 bits per heavy atom. The summed E-state index contributed by atoms with van der Waals surface area (Å²) in [6, 6.07) is -0.506. The van der Waals surface area contributed by atoms with Crippen molar-refractivity contribution >= 4 is 32.8 Å². The van der Waals surface area contributed by atoms with Gasteiger partial charge in [-0.1, -0.05) is 41.5 Å². The molecule has 2 amide bonds. The second-order valence-corrected chi connectivity index (χ2v) is 24.0. The number of hydrogen-bond donors (Lipinski definition) is 3. The Labute approximate surface area is 223 Å². The van der Waals surface area contributed by atoms with Crippen LogP contribution in [-0.2, 0) is 27.9 Å². The fourth-order valence-corrected chi connectivity index (χ4v) is 7.44. The summed E-state index contributed by atoms with van der Waals surface area (Å²) in [6.07, 6.45) is -0.613. The predicted molar refractivity (Wildman–Crippen MR) is 146 cm³/mol. The van der Waals surface area contributed by atoms with Crippen molar-refractivity contribution in [2.24, 2.45) is 11.5 Å². The summed E-state index contributed by atoms with van der Waals surface area (Å²) in [6.45, 7) is 20.7. The molecule has 3 rings (SSSR count). The van der Waals surface area contributed by atoms with Gasteiger partial charge in [0.2, 0.25) is 0 Å². The van der Waals surface area contributed by atoms with Gasteiger partial charge < -0.3 is 30.4 Å². The van der Waals surface area contributed by atoms with Gasteiger partial charge in [0.25, 0.3) is 10.1 Å². The highest BCUT2D eigenvalue weighted by Gasteiger charge is 2.68. The maximum absolute atomic E-state index is 13.0. The maximum atomic E-state index is 13.0. The SMILES string of the molecule is CC(C)(C)[Si](C)(C)OCC1O[C@@H](N2C=CC(N)NC2=O)[C@H](O[Si](C)(C)C(C)(C)C)C12OS(=O)(=O)C=C2N. The van der Waals surface area contributed by atoms with Crippen LogP contribution in [0.5, 0.6) is 0 Å². The molecular formula is C23H44N4O7SSi2. The molecule has 212 valence electrons. The first-order valence-corrected chi connectivity index (χ1v) is 19.8. The average molecular weight is 577 g/mol. The molecule has 1 spiro atoms. The number of urea groups is 1. The number of carbonyl (C=O) groups excluding carboxylic acids is 1. The van der Waals surface area contributed by atoms with Crippen LogP contribution >= 0.6 is 0 Å². The quantitative estimate of drug-likeness (QED) is 0.320. The zero-order valence-electron chi connectivity index (χ0n) is 23.6. The van der Waals surface area contributed by atoms with Gasteiger partial charge in [-0.15, -0.1) is 0 Å². The van der Waals surface area contributed by atoms with Crippen molar-refractivity contribution in [1.82, 2.24) is 10.2 Å². The predicted octanol–water partition coefficient (Wildman–Crippen LogP) is 2.85. The number of ether oxygens (including phenoxy) is 1. The van der Waals surface area contributed by atoms with E-state index >= 15 is 0 Å². The Balaban J connectivity index is 2.14. The number of rotatable bonds is 6. The summed E-state index contributed by atoms with van der Waals surface area (Å²) in [7, 11) is -8.99. The molecule has 5 N–H and O–H groups in total. The summed E-state index contributed by atoms with van der Waals surface area (Å²) in [5.74, 6) is 0. The summed E-state index contributed by atoms with van der Waals surface area (Å²) < 4.78 is 51.0. The van der Waals surface area contributed by atoms with Gasteiger partial charge in [-0.2, -0.15) is 8.42 Å². The van der Waals surface area contributed by atoms with E-state index in [1.807, 2.05) is 13.1 Å². The summed E-state index contributed by atoms with van der Waals surface area (Å²) in [4.78, 5) is 14.3. The molecule has 3 aliphatic heterocycles. The number of nitrogens with zero attached hydrogens (tertiary/aromatic N) is 1. The van der Waals surface area contributed by atoms with Gasteiger partial charge in [-0.05, 0) is 42.3 Å². The van der Waals surface area contributed by atoms with Gasteiger partial charge in [-0.3, -0.25) is 4.90 Å². The highest BCUT2D eigenvalue weighted by atomic mass is 32.2. The number of amides is 2. The molecule has 11 nitrogen and oxygen atoms in total. The van der Waals surface area contributed by atoms with Crippen molar-refractivity contribution in [3.8, 4) is 0 Å². The third kappa shape index (κ3) is 5.57. The van der Waals surface area contributed by atoms with Gasteiger partial charge in [0.05, 0.1) is 23.9 Å². The molecule has 0 saturated carbocycles. The van der Waals surface area contributed by atoms with Crippen LogP contribution in [0.2, 0.25) is 36.3 Å². The van der Waals surface area contributed by atoms with E-state index < -0.39 is 63.0 Å². The van der Waals surface area contributed by atoms with E-state index in [2.05, 4.69) is 60.0 Å². The van der Waals surface area contributed by atoms with Crippen LogP contribution in [0.4, 0.5) is 4.79 Å². The van der Waals surface area contributed by atoms with Gasteiger partial charge >= 0.3 is 6.03 Å². The molecule has 14 heteroatoms. The molecule has 3 heterocycles. The fraction of sp³-hybridized carbons (Fsp3) is 0.783. The largest absolute Gasteiger partial charge is 0.414 e. The fourth-order valence-electron chi connectivity index (χ4n) is 3.93. The molecule has 3 unspecified atom stereocenters. The minimum Gasteiger partial charge on any atom is -0.414 e. The number of carbonyl (C=O) groups is 1. The van der Waals surface area contributed by atoms with E-state index in [0.717, 1.165) is 5.41 Å². The minimum absolute atomic E-state index is 0.00705. The van der Waals surface area contributed by atoms with Crippen molar-refractivity contribution in [1.29, 1.82) is 0 Å². The average Bonchev–Trinajstić information content (AvgIpc) is 3.11. The molecule has 0 bridgehead atoms. The van der Waals surface area contributed by atoms with E-state index in [1.54, 1.807) is 6.08 Å². The first-order valence-electron chi connectivity index (χ1n) is 12.5. The van der Waals surface area contributed by atoms with E-state index in [9.17, 15) is 13.2 Å². The second kappa shape index (κ2) is 9.43. The molecule has 0 aromatic carbocycles. The smallest absolute Gasteiger partial charge is 0.325 e. The van der Waals surface area contributed by atoms with Crippen LogP contribution in [0.3, 0.4) is 0 Å². The number of nitrogens with two attached hydrogens (primary N) is 2. The lowest BCUT2D eigenvalue weighted by molar-refractivity contribution is -0.0650. The Kier molecular flexibility index (Phi) is 7.72. The van der Waals surface area contributed by atoms with Gasteiger partial charge in [-0.25, -0.2) is 8.98 Å². The van der Waals surface area contributed by atoms with Crippen molar-refractivity contribution in [2.75, 3.05) is 6.61 Å². The Morgan fingerprint density at radius 3 is 2.14 bits per heavy atom. The zero-order valence-corrected chi connectivity index (χ0v) is 26.4. The topological polar surface area (TPSA) is 155 Å². The maximum Gasteiger partial charge on any atom is 0.325 e. The van der Waals surface area contributed by atoms with E-state index in [1.165, 1.54) is 11.1 Å². The molecule has 0 aromatic heterocycles. The molecule has 0 radical (unpaired) electrons. The summed E-state index contributed by atoms with van der Waals surface area (Å²) in [5.41, 5.74) is 10.5. The molecular weight excluding hydrogens is 533 g/mol. The molecule has 5 atom stereocenters. The molecule has 1 saturated heterocycles. The second-order valence-electron chi connectivity index (χ2n) is 13.1. The van der Waals surface area contributed by atoms with Crippen LogP contribution in [0.1, 0.15) is 41.5 Å². The van der Waals surface area contributed by atoms with E-state index in [4.69, 9.17) is 29.2 Å². The molecule has 3 aliphatic rings. The molecule has 37 heavy (non-hydrogen) atoms. The first-order chi connectivity index (χ1) is 16.5. The van der Waals surface area contributed by atoms with Crippen molar-refractivity contribution in [3.63, 3.8) is 0 Å². The standard InChI is InChI=1S/C23H44N4O7SSi2/c1-21(2,3)36(7,8)31-13-16-23(15(24)14-35(29,30)34-23)18(33-37(9,10)22(4,5)6)19(32-16)27-12-11-17(25)26-20(27)28/h11-12,14,16-19H,13,24-25H2,1-10H3,(H,26,28)/t16?,17?,18-,19+,23?/m0/s1. The van der Waals surface area contributed by atoms with Crippen LogP contribution in [-0.4, -0.2) is 72.8 Å². The Bertz CT molecular complexity index is 1080. The first kappa shape index (κ1) is 30.3.